The summed E-state index contributed by atoms with van der Waals surface area (Å²) in [6.45, 7) is 6.72. The van der Waals surface area contributed by atoms with Crippen LogP contribution in [-0.2, 0) is 25.5 Å². The number of rotatable bonds is 2. The van der Waals surface area contributed by atoms with Gasteiger partial charge in [-0.15, -0.1) is 71.0 Å². The van der Waals surface area contributed by atoms with Crippen molar-refractivity contribution in [2.24, 2.45) is 0 Å². The molecule has 0 saturated heterocycles. The maximum Gasteiger partial charge on any atom is 0.0516 e. The number of aromatic nitrogens is 3. The average molecular weight is 826 g/mol. The smallest absolute Gasteiger partial charge is 0.0516 e. The number of fused-ring (bicyclic) bond motifs is 10. The van der Waals surface area contributed by atoms with Crippen LogP contribution in [-0.4, -0.2) is 14.4 Å². The molecule has 5 aromatic heterocycles. The summed E-state index contributed by atoms with van der Waals surface area (Å²) < 4.78 is 5.14. The Bertz CT molecular complexity index is 2720. The Morgan fingerprint density at radius 1 is 0.592 bits per heavy atom. The molecular formula is C44H31IrN3S-2. The van der Waals surface area contributed by atoms with E-state index in [1.54, 1.807) is 6.20 Å². The van der Waals surface area contributed by atoms with Gasteiger partial charge in [-0.3, -0.25) is 0 Å². The molecule has 0 atom stereocenters. The first kappa shape index (κ1) is 31.3. The van der Waals surface area contributed by atoms with Gasteiger partial charge in [0.25, 0.3) is 0 Å². The zero-order valence-electron chi connectivity index (χ0n) is 27.3. The van der Waals surface area contributed by atoms with Gasteiger partial charge in [-0.05, 0) is 63.6 Å². The molecule has 5 heterocycles. The van der Waals surface area contributed by atoms with Crippen LogP contribution < -0.4 is 0 Å². The van der Waals surface area contributed by atoms with Gasteiger partial charge in [0.1, 0.15) is 0 Å². The number of thiophene rings is 1. The van der Waals surface area contributed by atoms with E-state index in [1.807, 2.05) is 60.0 Å². The Kier molecular flexibility index (Phi) is 7.80. The Morgan fingerprint density at radius 2 is 1.39 bits per heavy atom. The molecule has 0 N–H and O–H groups in total. The summed E-state index contributed by atoms with van der Waals surface area (Å²) >= 11 is 1.88. The quantitative estimate of drug-likeness (QED) is 0.163. The summed E-state index contributed by atoms with van der Waals surface area (Å²) in [5.41, 5.74) is 9.15. The van der Waals surface area contributed by atoms with Crippen molar-refractivity contribution in [3.8, 4) is 22.5 Å². The van der Waals surface area contributed by atoms with Crippen molar-refractivity contribution < 1.29 is 20.1 Å². The molecule has 1 radical (unpaired) electrons. The molecule has 0 bridgehead atoms. The topological polar surface area (TPSA) is 30.2 Å². The summed E-state index contributed by atoms with van der Waals surface area (Å²) in [5, 5.41) is 7.94. The Balaban J connectivity index is 0.000000228. The molecule has 10 rings (SSSR count). The van der Waals surface area contributed by atoms with Gasteiger partial charge in [-0.1, -0.05) is 80.8 Å². The van der Waals surface area contributed by atoms with E-state index in [-0.39, 0.29) is 25.5 Å². The number of para-hydroxylation sites is 1. The van der Waals surface area contributed by atoms with Crippen molar-refractivity contribution in [1.82, 2.24) is 14.4 Å². The van der Waals surface area contributed by atoms with Gasteiger partial charge < -0.3 is 14.4 Å². The van der Waals surface area contributed by atoms with Crippen LogP contribution in [0.2, 0.25) is 0 Å². The monoisotopic (exact) mass is 826 g/mol. The van der Waals surface area contributed by atoms with Gasteiger partial charge in [0.05, 0.1) is 5.52 Å². The molecule has 0 aliphatic heterocycles. The van der Waals surface area contributed by atoms with Crippen LogP contribution in [0, 0.1) is 12.1 Å². The standard InChI is InChI=1S/C33H23N2S.C11H8N.Ir/c1-33(2,3)20-15-16-34-25(18-20)19-11-12-26-24(17-19)21-8-6-9-23-30-27(35(26)32(21)23)13-14-29-31(30)22-7-4-5-10-28(22)36-29;1-2-6-10(7-3-1)11-8-4-5-9-12-11;/h4-10,12-18H,1-3H3;1-6,8-9H;/q2*-1;. The molecule has 10 aromatic rings. The first-order chi connectivity index (χ1) is 23.5. The predicted molar refractivity (Wildman–Crippen MR) is 203 cm³/mol. The van der Waals surface area contributed by atoms with Crippen molar-refractivity contribution >= 4 is 69.6 Å². The summed E-state index contributed by atoms with van der Waals surface area (Å²) in [7, 11) is 0. The second-order valence-corrected chi connectivity index (χ2v) is 14.4. The molecule has 3 nitrogen and oxygen atoms in total. The van der Waals surface area contributed by atoms with E-state index in [0.717, 1.165) is 22.5 Å². The van der Waals surface area contributed by atoms with E-state index in [9.17, 15) is 0 Å². The third-order valence-corrected chi connectivity index (χ3v) is 10.4. The van der Waals surface area contributed by atoms with E-state index in [2.05, 4.69) is 121 Å². The van der Waals surface area contributed by atoms with Crippen molar-refractivity contribution in [2.75, 3.05) is 0 Å². The first-order valence-corrected chi connectivity index (χ1v) is 17.1. The van der Waals surface area contributed by atoms with Gasteiger partial charge in [0, 0.05) is 69.0 Å². The average Bonchev–Trinajstić information content (AvgIpc) is 3.79. The van der Waals surface area contributed by atoms with E-state index >= 15 is 0 Å². The van der Waals surface area contributed by atoms with E-state index in [1.165, 1.54) is 63.8 Å². The summed E-state index contributed by atoms with van der Waals surface area (Å²) in [6, 6.07) is 49.3. The number of hydrogen-bond donors (Lipinski definition) is 0. The van der Waals surface area contributed by atoms with Crippen LogP contribution in [0.25, 0.3) is 80.8 Å². The molecule has 5 heteroatoms. The van der Waals surface area contributed by atoms with Crippen LogP contribution in [0.3, 0.4) is 0 Å². The second-order valence-electron chi connectivity index (χ2n) is 13.3. The van der Waals surface area contributed by atoms with Crippen molar-refractivity contribution in [2.45, 2.75) is 26.2 Å². The zero-order chi connectivity index (χ0) is 32.4. The molecular weight excluding hydrogens is 795 g/mol. The maximum atomic E-state index is 4.70. The van der Waals surface area contributed by atoms with Gasteiger partial charge in [-0.2, -0.15) is 0 Å². The normalized spacial score (nSPS) is 11.8. The van der Waals surface area contributed by atoms with Crippen LogP contribution in [0.15, 0.2) is 134 Å². The Morgan fingerprint density at radius 3 is 2.20 bits per heavy atom. The maximum absolute atomic E-state index is 4.70. The molecule has 49 heavy (non-hydrogen) atoms. The van der Waals surface area contributed by atoms with Gasteiger partial charge in [-0.25, -0.2) is 0 Å². The zero-order valence-corrected chi connectivity index (χ0v) is 30.5. The van der Waals surface area contributed by atoms with Crippen LogP contribution in [0.5, 0.6) is 0 Å². The van der Waals surface area contributed by atoms with E-state index < -0.39 is 0 Å². The predicted octanol–water partition coefficient (Wildman–Crippen LogP) is 11.9. The minimum absolute atomic E-state index is 0. The number of nitrogens with zero attached hydrogens (tertiary/aromatic N) is 3. The largest absolute Gasteiger partial charge is 0.350 e. The van der Waals surface area contributed by atoms with E-state index in [4.69, 9.17) is 4.98 Å². The summed E-state index contributed by atoms with van der Waals surface area (Å²) in [6.07, 6.45) is 3.71. The minimum atomic E-state index is 0. The molecule has 0 unspecified atom stereocenters. The molecule has 0 aliphatic carbocycles. The van der Waals surface area contributed by atoms with Gasteiger partial charge in [0.2, 0.25) is 0 Å². The van der Waals surface area contributed by atoms with Crippen LogP contribution >= 0.6 is 11.3 Å². The molecule has 5 aromatic carbocycles. The van der Waals surface area contributed by atoms with Crippen molar-refractivity contribution in [1.29, 1.82) is 0 Å². The first-order valence-electron chi connectivity index (χ1n) is 16.2. The number of pyridine rings is 2. The summed E-state index contributed by atoms with van der Waals surface area (Å²) in [5.74, 6) is 0. The molecule has 239 valence electrons. The van der Waals surface area contributed by atoms with Crippen LogP contribution in [0.4, 0.5) is 0 Å². The molecule has 0 amide bonds. The third-order valence-electron chi connectivity index (χ3n) is 9.30. The fraction of sp³-hybridized carbons (Fsp3) is 0.0909. The second kappa shape index (κ2) is 12.2. The number of hydrogen-bond acceptors (Lipinski definition) is 3. The van der Waals surface area contributed by atoms with Crippen molar-refractivity contribution in [3.05, 3.63) is 151 Å². The third kappa shape index (κ3) is 5.21. The van der Waals surface area contributed by atoms with Crippen LogP contribution in [0.1, 0.15) is 26.3 Å². The number of benzene rings is 5. The fourth-order valence-electron chi connectivity index (χ4n) is 6.99. The van der Waals surface area contributed by atoms with Gasteiger partial charge >= 0.3 is 0 Å². The molecule has 0 aliphatic rings. The minimum Gasteiger partial charge on any atom is -0.350 e. The van der Waals surface area contributed by atoms with E-state index in [0.29, 0.717) is 0 Å². The van der Waals surface area contributed by atoms with Gasteiger partial charge in [0.15, 0.2) is 0 Å². The molecule has 0 fully saturated rings. The SMILES string of the molecule is CC(C)(C)c1ccnc(-c2[c-]cc3c(c2)c2cccc4c5c6c(ccc5n3c24)sc2ccccc26)c1.[Ir].[c-]1ccccc1-c1ccccn1. The molecule has 0 spiro atoms. The summed E-state index contributed by atoms with van der Waals surface area (Å²) in [4.78, 5) is 8.92. The fourth-order valence-corrected chi connectivity index (χ4v) is 8.10. The Labute approximate surface area is 302 Å². The van der Waals surface area contributed by atoms with Crippen molar-refractivity contribution in [3.63, 3.8) is 0 Å². The Hall–Kier alpha value is -4.93. The molecule has 0 saturated carbocycles.